The molecule has 0 aliphatic heterocycles. The van der Waals surface area contributed by atoms with Crippen LogP contribution in [-0.2, 0) is 0 Å². The van der Waals surface area contributed by atoms with Crippen molar-refractivity contribution < 1.29 is 19.1 Å². The van der Waals surface area contributed by atoms with Crippen molar-refractivity contribution in [2.24, 2.45) is 5.10 Å². The van der Waals surface area contributed by atoms with Crippen LogP contribution in [0.1, 0.15) is 42.2 Å². The van der Waals surface area contributed by atoms with Crippen molar-refractivity contribution in [1.82, 2.24) is 5.43 Å². The highest BCUT2D eigenvalue weighted by Crippen LogP contribution is 2.19. The van der Waals surface area contributed by atoms with Crippen molar-refractivity contribution >= 4 is 45.6 Å². The Balaban J connectivity index is 1.35. The molecule has 4 aromatic rings. The van der Waals surface area contributed by atoms with E-state index in [-0.39, 0.29) is 5.91 Å². The number of anilines is 1. The van der Waals surface area contributed by atoms with Gasteiger partial charge in [0, 0.05) is 26.9 Å². The van der Waals surface area contributed by atoms with E-state index >= 15 is 0 Å². The van der Waals surface area contributed by atoms with Crippen molar-refractivity contribution in [3.8, 4) is 5.75 Å². The lowest BCUT2D eigenvalue weighted by atomic mass is 10.1. The third-order valence-corrected chi connectivity index (χ3v) is 5.82. The number of hydrazone groups is 1. The number of nitrogens with one attached hydrogen (secondary N) is 2. The van der Waals surface area contributed by atoms with E-state index in [9.17, 15) is 14.4 Å². The average Bonchev–Trinajstić information content (AvgIpc) is 2.90. The minimum absolute atomic E-state index is 0.235. The molecule has 0 atom stereocenters. The van der Waals surface area contributed by atoms with Gasteiger partial charge < -0.3 is 10.1 Å². The predicted octanol–water partition coefficient (Wildman–Crippen LogP) is 5.99. The highest BCUT2D eigenvalue weighted by Gasteiger charge is 2.11. The molecule has 0 fully saturated rings. The number of hydrogen-bond acceptors (Lipinski definition) is 5. The number of carbonyl (C=O) groups excluding carboxylic acids is 3. The Morgan fingerprint density at radius 2 is 1.35 bits per heavy atom. The quantitative estimate of drug-likeness (QED) is 0.126. The molecule has 0 aliphatic carbocycles. The second kappa shape index (κ2) is 11.9. The van der Waals surface area contributed by atoms with Gasteiger partial charge in [0.05, 0.1) is 11.8 Å². The lowest BCUT2D eigenvalue weighted by Gasteiger charge is -2.08. The molecule has 37 heavy (non-hydrogen) atoms. The maximum atomic E-state index is 12.5. The number of amides is 2. The molecule has 184 valence electrons. The minimum Gasteiger partial charge on any atom is -0.422 e. The lowest BCUT2D eigenvalue weighted by Crippen LogP contribution is -2.18. The van der Waals surface area contributed by atoms with Gasteiger partial charge in [0.25, 0.3) is 11.8 Å². The van der Waals surface area contributed by atoms with E-state index in [1.165, 1.54) is 6.21 Å². The van der Waals surface area contributed by atoms with E-state index in [2.05, 4.69) is 31.8 Å². The fourth-order valence-electron chi connectivity index (χ4n) is 3.26. The van der Waals surface area contributed by atoms with Gasteiger partial charge >= 0.3 is 5.97 Å². The summed E-state index contributed by atoms with van der Waals surface area (Å²) in [5.74, 6) is -0.868. The van der Waals surface area contributed by atoms with Gasteiger partial charge in [-0.05, 0) is 79.7 Å². The molecule has 0 bridgehead atoms. The van der Waals surface area contributed by atoms with Crippen molar-refractivity contribution in [2.75, 3.05) is 5.32 Å². The maximum absolute atomic E-state index is 12.5. The predicted molar refractivity (Wildman–Crippen MR) is 146 cm³/mol. The molecule has 0 aromatic heterocycles. The summed E-state index contributed by atoms with van der Waals surface area (Å²) < 4.78 is 6.36. The standard InChI is InChI=1S/C29H22BrN3O4/c1-19-6-8-20(9-7-19)27(34)32-25-16-12-21(13-17-25)28(35)33-31-18-23-4-2-3-5-26(23)37-29(36)22-10-14-24(30)15-11-22/h2-18H,1H3,(H,32,34)(H,33,35)/b31-18-. The zero-order chi connectivity index (χ0) is 26.2. The summed E-state index contributed by atoms with van der Waals surface area (Å²) in [5.41, 5.74) is 5.91. The number of para-hydroxylation sites is 1. The highest BCUT2D eigenvalue weighted by atomic mass is 79.9. The van der Waals surface area contributed by atoms with E-state index in [4.69, 9.17) is 4.74 Å². The summed E-state index contributed by atoms with van der Waals surface area (Å²) in [7, 11) is 0. The number of halogens is 1. The van der Waals surface area contributed by atoms with Crippen LogP contribution in [0.4, 0.5) is 5.69 Å². The summed E-state index contributed by atoms with van der Waals surface area (Å²) in [6.45, 7) is 1.95. The molecule has 2 amide bonds. The van der Waals surface area contributed by atoms with Crippen LogP contribution in [0, 0.1) is 6.92 Å². The number of hydrogen-bond donors (Lipinski definition) is 2. The van der Waals surface area contributed by atoms with Crippen LogP contribution in [0.15, 0.2) is 107 Å². The molecule has 0 heterocycles. The molecule has 0 unspecified atom stereocenters. The number of nitrogens with zero attached hydrogens (tertiary/aromatic N) is 1. The summed E-state index contributed by atoms with van der Waals surface area (Å²) in [5, 5.41) is 6.80. The first-order valence-corrected chi connectivity index (χ1v) is 12.1. The Morgan fingerprint density at radius 1 is 0.757 bits per heavy atom. The molecule has 7 nitrogen and oxygen atoms in total. The number of ether oxygens (including phenoxy) is 1. The molecule has 0 saturated carbocycles. The van der Waals surface area contributed by atoms with Crippen LogP contribution in [0.25, 0.3) is 0 Å². The van der Waals surface area contributed by atoms with Gasteiger partial charge in [0.15, 0.2) is 0 Å². The third-order valence-electron chi connectivity index (χ3n) is 5.29. The minimum atomic E-state index is -0.507. The fourth-order valence-corrected chi connectivity index (χ4v) is 3.53. The van der Waals surface area contributed by atoms with Gasteiger partial charge in [0.2, 0.25) is 0 Å². The second-order valence-electron chi connectivity index (χ2n) is 8.03. The maximum Gasteiger partial charge on any atom is 0.343 e. The lowest BCUT2D eigenvalue weighted by molar-refractivity contribution is 0.0734. The molecule has 0 aliphatic rings. The summed E-state index contributed by atoms with van der Waals surface area (Å²) >= 11 is 3.33. The van der Waals surface area contributed by atoms with Crippen LogP contribution in [0.3, 0.4) is 0 Å². The smallest absolute Gasteiger partial charge is 0.343 e. The zero-order valence-corrected chi connectivity index (χ0v) is 21.4. The Kier molecular flexibility index (Phi) is 8.22. The van der Waals surface area contributed by atoms with Crippen molar-refractivity contribution in [1.29, 1.82) is 0 Å². The topological polar surface area (TPSA) is 96.9 Å². The molecule has 4 aromatic carbocycles. The largest absolute Gasteiger partial charge is 0.422 e. The zero-order valence-electron chi connectivity index (χ0n) is 19.8. The number of benzene rings is 4. The SMILES string of the molecule is Cc1ccc(C(=O)Nc2ccc(C(=O)N/N=C\c3ccccc3OC(=O)c3ccc(Br)cc3)cc2)cc1. The number of esters is 1. The molecule has 2 N–H and O–H groups in total. The monoisotopic (exact) mass is 555 g/mol. The van der Waals surface area contributed by atoms with Crippen LogP contribution >= 0.6 is 15.9 Å². The Hall–Kier alpha value is -4.56. The molecule has 0 radical (unpaired) electrons. The van der Waals surface area contributed by atoms with Gasteiger partial charge in [0.1, 0.15) is 5.75 Å². The third kappa shape index (κ3) is 6.99. The van der Waals surface area contributed by atoms with Gasteiger partial charge in [-0.15, -0.1) is 0 Å². The van der Waals surface area contributed by atoms with Gasteiger partial charge in [-0.2, -0.15) is 5.10 Å². The normalized spacial score (nSPS) is 10.6. The molecule has 0 saturated heterocycles. The van der Waals surface area contributed by atoms with E-state index in [1.54, 1.807) is 84.9 Å². The van der Waals surface area contributed by atoms with E-state index in [0.717, 1.165) is 10.0 Å². The molecular formula is C29H22BrN3O4. The van der Waals surface area contributed by atoms with Crippen molar-refractivity contribution in [3.63, 3.8) is 0 Å². The van der Waals surface area contributed by atoms with Crippen LogP contribution in [0.5, 0.6) is 5.75 Å². The van der Waals surface area contributed by atoms with Crippen LogP contribution < -0.4 is 15.5 Å². The second-order valence-corrected chi connectivity index (χ2v) is 8.95. The Labute approximate surface area is 222 Å². The number of rotatable bonds is 7. The summed E-state index contributed by atoms with van der Waals surface area (Å²) in [6.07, 6.45) is 1.40. The highest BCUT2D eigenvalue weighted by molar-refractivity contribution is 9.10. The molecule has 0 spiro atoms. The van der Waals surface area contributed by atoms with Gasteiger partial charge in [-0.25, -0.2) is 10.2 Å². The number of carbonyl (C=O) groups is 3. The fraction of sp³-hybridized carbons (Fsp3) is 0.0345. The average molecular weight is 556 g/mol. The molecule has 4 rings (SSSR count). The first-order valence-electron chi connectivity index (χ1n) is 11.3. The van der Waals surface area contributed by atoms with Crippen LogP contribution in [0.2, 0.25) is 0 Å². The van der Waals surface area contributed by atoms with E-state index in [0.29, 0.717) is 33.7 Å². The van der Waals surface area contributed by atoms with Crippen LogP contribution in [-0.4, -0.2) is 24.0 Å². The first kappa shape index (κ1) is 25.5. The van der Waals surface area contributed by atoms with Crippen molar-refractivity contribution in [3.05, 3.63) is 129 Å². The Morgan fingerprint density at radius 3 is 2.05 bits per heavy atom. The van der Waals surface area contributed by atoms with Gasteiger partial charge in [-0.3, -0.25) is 9.59 Å². The first-order chi connectivity index (χ1) is 17.9. The van der Waals surface area contributed by atoms with E-state index < -0.39 is 11.9 Å². The van der Waals surface area contributed by atoms with Crippen molar-refractivity contribution in [2.45, 2.75) is 6.92 Å². The van der Waals surface area contributed by atoms with Gasteiger partial charge in [-0.1, -0.05) is 45.8 Å². The number of aryl methyl sites for hydroxylation is 1. The summed E-state index contributed by atoms with van der Waals surface area (Å²) in [4.78, 5) is 37.3. The molecule has 8 heteroatoms. The van der Waals surface area contributed by atoms with E-state index in [1.807, 2.05) is 19.1 Å². The Bertz CT molecular complexity index is 1450. The summed E-state index contributed by atoms with van der Waals surface area (Å²) in [6, 6.07) is 27.4. The molecular weight excluding hydrogens is 534 g/mol.